The lowest BCUT2D eigenvalue weighted by molar-refractivity contribution is 0.151. The molecule has 3 rings (SSSR count). The van der Waals surface area contributed by atoms with Gasteiger partial charge in [0.1, 0.15) is 0 Å². The van der Waals surface area contributed by atoms with E-state index in [1.54, 1.807) is 6.07 Å². The number of phenols is 1. The summed E-state index contributed by atoms with van der Waals surface area (Å²) in [7, 11) is 0. The van der Waals surface area contributed by atoms with Gasteiger partial charge in [-0.05, 0) is 48.9 Å². The first-order chi connectivity index (χ1) is 10.6. The van der Waals surface area contributed by atoms with Gasteiger partial charge in [0.15, 0.2) is 17.4 Å². The van der Waals surface area contributed by atoms with Crippen LogP contribution in [0.1, 0.15) is 38.4 Å². The second kappa shape index (κ2) is 4.99. The number of hydrogen-bond donors (Lipinski definition) is 2. The maximum absolute atomic E-state index is 13.6. The van der Waals surface area contributed by atoms with Crippen LogP contribution in [0.15, 0.2) is 24.3 Å². The molecule has 0 saturated heterocycles. The van der Waals surface area contributed by atoms with Gasteiger partial charge < -0.3 is 10.8 Å². The van der Waals surface area contributed by atoms with Crippen LogP contribution in [0.2, 0.25) is 0 Å². The number of aromatic hydroxyl groups is 1. The van der Waals surface area contributed by atoms with E-state index in [9.17, 15) is 13.9 Å². The number of fused-ring (bicyclic) bond motifs is 1. The highest BCUT2D eigenvalue weighted by atomic mass is 19.1. The molecule has 1 unspecified atom stereocenters. The Kier molecular flexibility index (Phi) is 3.45. The van der Waals surface area contributed by atoms with Gasteiger partial charge in [0.25, 0.3) is 0 Å². The molecule has 3 N–H and O–H groups in total. The summed E-state index contributed by atoms with van der Waals surface area (Å²) in [6.07, 6.45) is 1.66. The molecule has 0 aliphatic heterocycles. The fourth-order valence-electron chi connectivity index (χ4n) is 3.09. The molecule has 5 heteroatoms. The van der Waals surface area contributed by atoms with Crippen molar-refractivity contribution in [3.8, 4) is 17.0 Å². The standard InChI is InChI=1S/C18H20F2N2O/c1-17(2)7-6-15-11(18(17,3)21)4-5-14(22-15)10-8-12(19)16(23)13(20)9-10/h4-5,8-9,23H,6-7,21H2,1-3H3. The molecule has 0 fully saturated rings. The maximum atomic E-state index is 13.6. The van der Waals surface area contributed by atoms with Crippen molar-refractivity contribution in [1.82, 2.24) is 4.98 Å². The van der Waals surface area contributed by atoms with Crippen molar-refractivity contribution in [2.45, 2.75) is 39.2 Å². The number of nitrogens with two attached hydrogens (primary N) is 1. The van der Waals surface area contributed by atoms with Gasteiger partial charge in [0.05, 0.1) is 5.69 Å². The fraction of sp³-hybridized carbons (Fsp3) is 0.389. The Morgan fingerprint density at radius 1 is 1.13 bits per heavy atom. The number of nitrogens with zero attached hydrogens (tertiary/aromatic N) is 1. The molecule has 1 aliphatic rings. The second-order valence-corrected chi connectivity index (χ2v) is 7.07. The van der Waals surface area contributed by atoms with Crippen LogP contribution in [-0.4, -0.2) is 10.1 Å². The van der Waals surface area contributed by atoms with E-state index in [-0.39, 0.29) is 5.41 Å². The van der Waals surface area contributed by atoms with Crippen LogP contribution in [0.5, 0.6) is 5.75 Å². The van der Waals surface area contributed by atoms with Gasteiger partial charge in [-0.15, -0.1) is 0 Å². The average Bonchev–Trinajstić information content (AvgIpc) is 2.48. The van der Waals surface area contributed by atoms with Gasteiger partial charge in [-0.25, -0.2) is 8.78 Å². The predicted molar refractivity (Wildman–Crippen MR) is 84.9 cm³/mol. The van der Waals surface area contributed by atoms with Crippen molar-refractivity contribution in [2.75, 3.05) is 0 Å². The first-order valence-corrected chi connectivity index (χ1v) is 7.61. The minimum Gasteiger partial charge on any atom is -0.503 e. The number of hydrogen-bond acceptors (Lipinski definition) is 3. The fourth-order valence-corrected chi connectivity index (χ4v) is 3.09. The van der Waals surface area contributed by atoms with E-state index in [2.05, 4.69) is 18.8 Å². The third-order valence-corrected chi connectivity index (χ3v) is 5.24. The minimum atomic E-state index is -0.996. The first-order valence-electron chi connectivity index (χ1n) is 7.61. The molecule has 0 bridgehead atoms. The molecule has 3 nitrogen and oxygen atoms in total. The van der Waals surface area contributed by atoms with Gasteiger partial charge >= 0.3 is 0 Å². The summed E-state index contributed by atoms with van der Waals surface area (Å²) in [6, 6.07) is 5.78. The summed E-state index contributed by atoms with van der Waals surface area (Å²) in [6.45, 7) is 6.26. The van der Waals surface area contributed by atoms with E-state index < -0.39 is 22.9 Å². The molecule has 0 radical (unpaired) electrons. The predicted octanol–water partition coefficient (Wildman–Crippen LogP) is 3.88. The largest absolute Gasteiger partial charge is 0.503 e. The number of benzene rings is 1. The number of rotatable bonds is 1. The Bertz CT molecular complexity index is 762. The summed E-state index contributed by atoms with van der Waals surface area (Å²) < 4.78 is 27.1. The van der Waals surface area contributed by atoms with Crippen molar-refractivity contribution in [3.63, 3.8) is 0 Å². The number of phenolic OH excluding ortho intramolecular Hbond substituents is 1. The Morgan fingerprint density at radius 3 is 2.35 bits per heavy atom. The number of pyridine rings is 1. The van der Waals surface area contributed by atoms with Gasteiger partial charge in [0, 0.05) is 16.8 Å². The monoisotopic (exact) mass is 318 g/mol. The minimum absolute atomic E-state index is 0.0556. The zero-order valence-electron chi connectivity index (χ0n) is 13.5. The molecular formula is C18H20F2N2O. The van der Waals surface area contributed by atoms with Crippen molar-refractivity contribution in [2.24, 2.45) is 11.1 Å². The van der Waals surface area contributed by atoms with E-state index in [0.29, 0.717) is 11.3 Å². The molecule has 1 aliphatic carbocycles. The van der Waals surface area contributed by atoms with Crippen molar-refractivity contribution in [3.05, 3.63) is 47.2 Å². The molecular weight excluding hydrogens is 298 g/mol. The van der Waals surface area contributed by atoms with E-state index in [4.69, 9.17) is 5.73 Å². The van der Waals surface area contributed by atoms with E-state index in [1.807, 2.05) is 13.0 Å². The highest BCUT2D eigenvalue weighted by Crippen LogP contribution is 2.46. The summed E-state index contributed by atoms with van der Waals surface area (Å²) in [5, 5.41) is 9.21. The maximum Gasteiger partial charge on any atom is 0.187 e. The average molecular weight is 318 g/mol. The lowest BCUT2D eigenvalue weighted by Crippen LogP contribution is -2.50. The SMILES string of the molecule is CC1(C)CCc2nc(-c3cc(F)c(O)c(F)c3)ccc2C1(C)N. The van der Waals surface area contributed by atoms with Crippen LogP contribution in [0.4, 0.5) is 8.78 Å². The van der Waals surface area contributed by atoms with Gasteiger partial charge in [-0.2, -0.15) is 0 Å². The normalized spacial score (nSPS) is 22.7. The van der Waals surface area contributed by atoms with Gasteiger partial charge in [0.2, 0.25) is 0 Å². The van der Waals surface area contributed by atoms with Crippen molar-refractivity contribution in [1.29, 1.82) is 0 Å². The van der Waals surface area contributed by atoms with Crippen LogP contribution in [0, 0.1) is 17.0 Å². The molecule has 1 aromatic heterocycles. The summed E-state index contributed by atoms with van der Waals surface area (Å²) in [5.41, 5.74) is 8.56. The Hall–Kier alpha value is -2.01. The zero-order chi connectivity index (χ0) is 17.0. The van der Waals surface area contributed by atoms with Crippen LogP contribution in [-0.2, 0) is 12.0 Å². The molecule has 2 aromatic rings. The Balaban J connectivity index is 2.10. The third-order valence-electron chi connectivity index (χ3n) is 5.24. The number of halogens is 2. The van der Waals surface area contributed by atoms with Gasteiger partial charge in [-0.3, -0.25) is 4.98 Å². The first kappa shape index (κ1) is 15.9. The third kappa shape index (κ3) is 2.39. The lowest BCUT2D eigenvalue weighted by atomic mass is 9.63. The quantitative estimate of drug-likeness (QED) is 0.839. The molecule has 122 valence electrons. The van der Waals surface area contributed by atoms with Crippen LogP contribution >= 0.6 is 0 Å². The van der Waals surface area contributed by atoms with E-state index in [1.165, 1.54) is 0 Å². The summed E-state index contributed by atoms with van der Waals surface area (Å²) in [5.74, 6) is -2.96. The highest BCUT2D eigenvalue weighted by Gasteiger charge is 2.43. The highest BCUT2D eigenvalue weighted by molar-refractivity contribution is 5.62. The van der Waals surface area contributed by atoms with Gasteiger partial charge in [-0.1, -0.05) is 19.9 Å². The summed E-state index contributed by atoms with van der Waals surface area (Å²) >= 11 is 0. The van der Waals surface area contributed by atoms with Crippen LogP contribution < -0.4 is 5.73 Å². The Morgan fingerprint density at radius 2 is 1.74 bits per heavy atom. The zero-order valence-corrected chi connectivity index (χ0v) is 13.5. The van der Waals surface area contributed by atoms with Crippen molar-refractivity contribution < 1.29 is 13.9 Å². The van der Waals surface area contributed by atoms with Crippen molar-refractivity contribution >= 4 is 0 Å². The molecule has 1 aromatic carbocycles. The van der Waals surface area contributed by atoms with Crippen LogP contribution in [0.25, 0.3) is 11.3 Å². The molecule has 0 amide bonds. The lowest BCUT2D eigenvalue weighted by Gasteiger charge is -2.46. The van der Waals surface area contributed by atoms with E-state index in [0.717, 1.165) is 36.2 Å². The molecule has 23 heavy (non-hydrogen) atoms. The molecule has 1 atom stereocenters. The molecule has 0 spiro atoms. The molecule has 0 saturated carbocycles. The molecule has 1 heterocycles. The number of aryl methyl sites for hydroxylation is 1. The summed E-state index contributed by atoms with van der Waals surface area (Å²) in [4.78, 5) is 4.56. The number of aromatic nitrogens is 1. The topological polar surface area (TPSA) is 59.1 Å². The smallest absolute Gasteiger partial charge is 0.187 e. The van der Waals surface area contributed by atoms with Crippen LogP contribution in [0.3, 0.4) is 0 Å². The van der Waals surface area contributed by atoms with E-state index >= 15 is 0 Å². The second-order valence-electron chi connectivity index (χ2n) is 7.07. The Labute approximate surface area is 134 Å².